The first-order valence-corrected chi connectivity index (χ1v) is 13.5. The highest BCUT2D eigenvalue weighted by Gasteiger charge is 2.41. The Labute approximate surface area is 220 Å². The number of amides is 1. The third-order valence-corrected chi connectivity index (χ3v) is 8.99. The summed E-state index contributed by atoms with van der Waals surface area (Å²) in [7, 11) is 1.91. The molecule has 8 nitrogen and oxygen atoms in total. The maximum atomic E-state index is 12.0. The van der Waals surface area contributed by atoms with Gasteiger partial charge in [-0.15, -0.1) is 0 Å². The van der Waals surface area contributed by atoms with E-state index < -0.39 is 0 Å². The summed E-state index contributed by atoms with van der Waals surface area (Å²) >= 11 is 1.59. The molecule has 1 aromatic carbocycles. The number of carbonyl (C=O) groups excluding carboxylic acids is 1. The number of hydrogen-bond donors (Lipinski definition) is 2. The lowest BCUT2D eigenvalue weighted by atomic mass is 9.84. The van der Waals surface area contributed by atoms with Crippen LogP contribution < -0.4 is 5.73 Å². The summed E-state index contributed by atoms with van der Waals surface area (Å²) in [6.45, 7) is 6.66. The van der Waals surface area contributed by atoms with Gasteiger partial charge < -0.3 is 15.6 Å². The van der Waals surface area contributed by atoms with E-state index in [0.717, 1.165) is 52.8 Å². The molecule has 2 unspecified atom stereocenters. The molecule has 0 spiro atoms. The number of nitrogens with one attached hydrogen (secondary N) is 1. The van der Waals surface area contributed by atoms with E-state index in [9.17, 15) is 4.79 Å². The number of aromatic nitrogens is 5. The van der Waals surface area contributed by atoms with Crippen molar-refractivity contribution in [1.82, 2.24) is 29.6 Å². The molecule has 37 heavy (non-hydrogen) atoms. The zero-order valence-corrected chi connectivity index (χ0v) is 22.3. The molecule has 3 N–H and O–H groups in total. The summed E-state index contributed by atoms with van der Waals surface area (Å²) < 4.78 is 1.79. The molecule has 190 valence electrons. The van der Waals surface area contributed by atoms with Crippen LogP contribution in [0.25, 0.3) is 33.5 Å². The van der Waals surface area contributed by atoms with Crippen molar-refractivity contribution in [3.8, 4) is 22.5 Å². The van der Waals surface area contributed by atoms with Crippen molar-refractivity contribution in [3.63, 3.8) is 0 Å². The molecule has 2 aliphatic rings. The number of aryl methyl sites for hydroxylation is 2. The quantitative estimate of drug-likeness (QED) is 0.391. The summed E-state index contributed by atoms with van der Waals surface area (Å²) in [6, 6.07) is 9.02. The predicted octanol–water partition coefficient (Wildman–Crippen LogP) is 5.15. The summed E-state index contributed by atoms with van der Waals surface area (Å²) in [6.07, 6.45) is 10.6. The van der Waals surface area contributed by atoms with Gasteiger partial charge in [-0.05, 0) is 47.9 Å². The molecule has 1 amide bonds. The molecule has 1 aliphatic carbocycles. The van der Waals surface area contributed by atoms with Crippen LogP contribution in [0.4, 0.5) is 0 Å². The molecule has 0 saturated heterocycles. The minimum absolute atomic E-state index is 0.0112. The average molecular weight is 514 g/mol. The number of rotatable bonds is 4. The Morgan fingerprint density at radius 3 is 2.76 bits per heavy atom. The standard InChI is InChI=1S/C28H31N7OS/c1-28(2,3)27-35(14-23(37-27)25(29)36)22-7-5-6-16-10-17(8-9-19(16)22)24-20-11-21(18-12-32-34(4)13-18)33-26(20)31-15-30-24/h8-15,22,27H,5-7H2,1-4H3,(H2,29,36)(H,30,31,33). The second-order valence-electron chi connectivity index (χ2n) is 11.0. The fourth-order valence-corrected chi connectivity index (χ4v) is 6.77. The number of benzene rings is 1. The molecule has 0 bridgehead atoms. The number of aromatic amines is 1. The Balaban J connectivity index is 1.38. The smallest absolute Gasteiger partial charge is 0.256 e. The zero-order chi connectivity index (χ0) is 25.9. The third kappa shape index (κ3) is 4.21. The Morgan fingerprint density at radius 1 is 1.19 bits per heavy atom. The van der Waals surface area contributed by atoms with Crippen LogP contribution in [0.15, 0.2) is 54.1 Å². The molecule has 1 aliphatic heterocycles. The maximum absolute atomic E-state index is 12.0. The van der Waals surface area contributed by atoms with E-state index in [-0.39, 0.29) is 22.7 Å². The molecular formula is C28H31N7OS. The van der Waals surface area contributed by atoms with E-state index in [1.165, 1.54) is 11.1 Å². The van der Waals surface area contributed by atoms with Crippen molar-refractivity contribution in [3.05, 3.63) is 65.2 Å². The lowest BCUT2D eigenvalue weighted by molar-refractivity contribution is -0.113. The summed E-state index contributed by atoms with van der Waals surface area (Å²) in [4.78, 5) is 27.6. The van der Waals surface area contributed by atoms with E-state index in [2.05, 4.69) is 70.0 Å². The number of carbonyl (C=O) groups is 1. The SMILES string of the molecule is Cn1cc(-c2cc3c(-c4ccc5c(c4)CCCC5N4C=C(C(N)=O)SC4C(C)(C)C)ncnc3[nH]2)cn1. The second kappa shape index (κ2) is 8.76. The van der Waals surface area contributed by atoms with E-state index in [0.29, 0.717) is 4.91 Å². The van der Waals surface area contributed by atoms with Gasteiger partial charge in [-0.2, -0.15) is 5.10 Å². The number of thioether (sulfide) groups is 1. The van der Waals surface area contributed by atoms with Crippen molar-refractivity contribution in [2.24, 2.45) is 18.2 Å². The highest BCUT2D eigenvalue weighted by Crippen LogP contribution is 2.49. The maximum Gasteiger partial charge on any atom is 0.256 e. The van der Waals surface area contributed by atoms with Gasteiger partial charge in [0, 0.05) is 36.0 Å². The Kier molecular flexibility index (Phi) is 5.63. The minimum atomic E-state index is -0.349. The number of H-pyrrole nitrogens is 1. The molecule has 6 rings (SSSR count). The molecule has 4 heterocycles. The first-order chi connectivity index (χ1) is 17.7. The molecule has 2 atom stereocenters. The van der Waals surface area contributed by atoms with Crippen molar-refractivity contribution in [1.29, 1.82) is 0 Å². The lowest BCUT2D eigenvalue weighted by Crippen LogP contribution is -2.39. The van der Waals surface area contributed by atoms with Crippen LogP contribution >= 0.6 is 11.8 Å². The van der Waals surface area contributed by atoms with Crippen molar-refractivity contribution in [2.75, 3.05) is 0 Å². The first-order valence-electron chi connectivity index (χ1n) is 12.6. The highest BCUT2D eigenvalue weighted by atomic mass is 32.2. The van der Waals surface area contributed by atoms with Gasteiger partial charge in [0.05, 0.1) is 33.9 Å². The van der Waals surface area contributed by atoms with Gasteiger partial charge in [0.25, 0.3) is 5.91 Å². The van der Waals surface area contributed by atoms with Crippen molar-refractivity contribution < 1.29 is 4.79 Å². The van der Waals surface area contributed by atoms with Crippen molar-refractivity contribution >= 4 is 28.7 Å². The van der Waals surface area contributed by atoms with Gasteiger partial charge in [0.2, 0.25) is 0 Å². The van der Waals surface area contributed by atoms with Crippen LogP contribution in [0.3, 0.4) is 0 Å². The van der Waals surface area contributed by atoms with Crippen LogP contribution in [0.1, 0.15) is 50.8 Å². The van der Waals surface area contributed by atoms with Crippen LogP contribution in [-0.4, -0.2) is 40.9 Å². The topological polar surface area (TPSA) is 106 Å². The van der Waals surface area contributed by atoms with Gasteiger partial charge in [0.1, 0.15) is 12.0 Å². The predicted molar refractivity (Wildman–Crippen MR) is 147 cm³/mol. The van der Waals surface area contributed by atoms with E-state index in [1.54, 1.807) is 22.8 Å². The molecular weight excluding hydrogens is 482 g/mol. The molecule has 3 aromatic heterocycles. The molecule has 0 fully saturated rings. The van der Waals surface area contributed by atoms with Gasteiger partial charge >= 0.3 is 0 Å². The first kappa shape index (κ1) is 23.8. The minimum Gasteiger partial charge on any atom is -0.365 e. The van der Waals surface area contributed by atoms with Crippen LogP contribution in [0.2, 0.25) is 0 Å². The van der Waals surface area contributed by atoms with Crippen molar-refractivity contribution in [2.45, 2.75) is 51.4 Å². The fourth-order valence-electron chi connectivity index (χ4n) is 5.55. The van der Waals surface area contributed by atoms with Gasteiger partial charge in [-0.1, -0.05) is 44.7 Å². The van der Waals surface area contributed by atoms with Crippen LogP contribution in [0.5, 0.6) is 0 Å². The lowest BCUT2D eigenvalue weighted by Gasteiger charge is -2.42. The number of nitrogens with zero attached hydrogens (tertiary/aromatic N) is 5. The Hall–Kier alpha value is -3.59. The van der Waals surface area contributed by atoms with E-state index >= 15 is 0 Å². The number of fused-ring (bicyclic) bond motifs is 2. The Morgan fingerprint density at radius 2 is 2.03 bits per heavy atom. The second-order valence-corrected chi connectivity index (χ2v) is 12.2. The molecule has 0 saturated carbocycles. The van der Waals surface area contributed by atoms with Gasteiger partial charge in [0.15, 0.2) is 0 Å². The molecule has 9 heteroatoms. The molecule has 4 aromatic rings. The Bertz CT molecular complexity index is 1540. The average Bonchev–Trinajstić information content (AvgIpc) is 3.60. The molecule has 0 radical (unpaired) electrons. The summed E-state index contributed by atoms with van der Waals surface area (Å²) in [5, 5.41) is 5.43. The number of nitrogens with two attached hydrogens (primary N) is 1. The largest absolute Gasteiger partial charge is 0.365 e. The fraction of sp³-hybridized carbons (Fsp3) is 0.357. The third-order valence-electron chi connectivity index (χ3n) is 7.26. The summed E-state index contributed by atoms with van der Waals surface area (Å²) in [5.41, 5.74) is 13.1. The normalized spacial score (nSPS) is 19.8. The highest BCUT2D eigenvalue weighted by molar-refractivity contribution is 8.04. The van der Waals surface area contributed by atoms with Gasteiger partial charge in [-0.3, -0.25) is 9.48 Å². The van der Waals surface area contributed by atoms with E-state index in [1.807, 2.05) is 25.6 Å². The monoisotopic (exact) mass is 513 g/mol. The van der Waals surface area contributed by atoms with Crippen LogP contribution in [0, 0.1) is 5.41 Å². The number of hydrogen-bond acceptors (Lipinski definition) is 6. The van der Waals surface area contributed by atoms with Crippen LogP contribution in [-0.2, 0) is 18.3 Å². The number of primary amides is 1. The zero-order valence-electron chi connectivity index (χ0n) is 21.5. The summed E-state index contributed by atoms with van der Waals surface area (Å²) in [5.74, 6) is -0.349. The van der Waals surface area contributed by atoms with Gasteiger partial charge in [-0.25, -0.2) is 9.97 Å². The van der Waals surface area contributed by atoms with E-state index in [4.69, 9.17) is 5.73 Å².